The number of sulfonamides is 1. The van der Waals surface area contributed by atoms with Gasteiger partial charge in [0.2, 0.25) is 15.9 Å². The second-order valence-electron chi connectivity index (χ2n) is 5.78. The van der Waals surface area contributed by atoms with Gasteiger partial charge in [-0.2, -0.15) is 0 Å². The standard InChI is InChI=1S/C18H19N3O3S2/c1-3-21(2)26(23,24)14-9-10-15-16(12-14)25-18(19-15)20-17(22)11-13-7-5-4-6-8-13/h4-10,12H,3,11H2,1-2H3,(H,19,20,22). The minimum absolute atomic E-state index is 0.159. The van der Waals surface area contributed by atoms with E-state index in [4.69, 9.17) is 0 Å². The fourth-order valence-electron chi connectivity index (χ4n) is 2.41. The van der Waals surface area contributed by atoms with Crippen LogP contribution in [0.15, 0.2) is 53.4 Å². The molecule has 0 unspecified atom stereocenters. The third-order valence-electron chi connectivity index (χ3n) is 3.97. The van der Waals surface area contributed by atoms with Gasteiger partial charge >= 0.3 is 0 Å². The Morgan fingerprint density at radius 2 is 1.92 bits per heavy atom. The molecule has 0 aliphatic heterocycles. The SMILES string of the molecule is CCN(C)S(=O)(=O)c1ccc2nc(NC(=O)Cc3ccccc3)sc2c1. The van der Waals surface area contributed by atoms with Crippen molar-refractivity contribution >= 4 is 42.6 Å². The molecule has 0 atom stereocenters. The van der Waals surface area contributed by atoms with E-state index in [1.807, 2.05) is 30.3 Å². The average Bonchev–Trinajstić information content (AvgIpc) is 3.02. The van der Waals surface area contributed by atoms with Crippen LogP contribution in [0.5, 0.6) is 0 Å². The van der Waals surface area contributed by atoms with Crippen molar-refractivity contribution in [1.82, 2.24) is 9.29 Å². The van der Waals surface area contributed by atoms with Gasteiger partial charge < -0.3 is 5.32 Å². The van der Waals surface area contributed by atoms with E-state index < -0.39 is 10.0 Å². The van der Waals surface area contributed by atoms with Gasteiger partial charge in [-0.25, -0.2) is 17.7 Å². The van der Waals surface area contributed by atoms with Crippen molar-refractivity contribution in [3.05, 3.63) is 54.1 Å². The van der Waals surface area contributed by atoms with Crippen molar-refractivity contribution in [3.8, 4) is 0 Å². The Kier molecular flexibility index (Phi) is 5.36. The van der Waals surface area contributed by atoms with E-state index >= 15 is 0 Å². The van der Waals surface area contributed by atoms with Crippen LogP contribution in [0.2, 0.25) is 0 Å². The summed E-state index contributed by atoms with van der Waals surface area (Å²) in [5, 5.41) is 3.24. The summed E-state index contributed by atoms with van der Waals surface area (Å²) < 4.78 is 26.9. The monoisotopic (exact) mass is 389 g/mol. The fourth-order valence-corrected chi connectivity index (χ4v) is 4.62. The molecule has 0 saturated heterocycles. The van der Waals surface area contributed by atoms with Crippen molar-refractivity contribution < 1.29 is 13.2 Å². The van der Waals surface area contributed by atoms with Gasteiger partial charge in [0.1, 0.15) is 0 Å². The van der Waals surface area contributed by atoms with Gasteiger partial charge in [0.05, 0.1) is 21.5 Å². The van der Waals surface area contributed by atoms with Crippen LogP contribution in [0.1, 0.15) is 12.5 Å². The second-order valence-corrected chi connectivity index (χ2v) is 8.85. The molecule has 1 N–H and O–H groups in total. The molecule has 0 fully saturated rings. The Morgan fingerprint density at radius 3 is 2.62 bits per heavy atom. The highest BCUT2D eigenvalue weighted by Gasteiger charge is 2.20. The number of carbonyl (C=O) groups excluding carboxylic acids is 1. The third-order valence-corrected chi connectivity index (χ3v) is 6.83. The van der Waals surface area contributed by atoms with Gasteiger partial charge in [-0.05, 0) is 23.8 Å². The summed E-state index contributed by atoms with van der Waals surface area (Å²) in [5.41, 5.74) is 1.57. The minimum Gasteiger partial charge on any atom is -0.302 e. The molecular formula is C18H19N3O3S2. The highest BCUT2D eigenvalue weighted by molar-refractivity contribution is 7.89. The molecule has 1 aromatic heterocycles. The molecule has 8 heteroatoms. The van der Waals surface area contributed by atoms with Gasteiger partial charge in [-0.1, -0.05) is 48.6 Å². The molecule has 6 nitrogen and oxygen atoms in total. The molecule has 1 amide bonds. The van der Waals surface area contributed by atoms with Crippen LogP contribution in [0.4, 0.5) is 5.13 Å². The highest BCUT2D eigenvalue weighted by Crippen LogP contribution is 2.29. The summed E-state index contributed by atoms with van der Waals surface area (Å²) in [5.74, 6) is -0.159. The number of aromatic nitrogens is 1. The lowest BCUT2D eigenvalue weighted by atomic mass is 10.1. The molecule has 0 aliphatic carbocycles. The van der Waals surface area contributed by atoms with Crippen LogP contribution in [0.25, 0.3) is 10.2 Å². The van der Waals surface area contributed by atoms with Crippen LogP contribution < -0.4 is 5.32 Å². The molecule has 0 bridgehead atoms. The zero-order valence-corrected chi connectivity index (χ0v) is 16.1. The lowest BCUT2D eigenvalue weighted by molar-refractivity contribution is -0.115. The average molecular weight is 390 g/mol. The molecule has 3 aromatic rings. The predicted octanol–water partition coefficient (Wildman–Crippen LogP) is 3.12. The number of rotatable bonds is 6. The number of hydrogen-bond donors (Lipinski definition) is 1. The highest BCUT2D eigenvalue weighted by atomic mass is 32.2. The van der Waals surface area contributed by atoms with E-state index in [0.29, 0.717) is 21.9 Å². The zero-order valence-electron chi connectivity index (χ0n) is 14.5. The summed E-state index contributed by atoms with van der Waals surface area (Å²) in [6, 6.07) is 14.2. The number of carbonyl (C=O) groups is 1. The number of hydrogen-bond acceptors (Lipinski definition) is 5. The number of anilines is 1. The summed E-state index contributed by atoms with van der Waals surface area (Å²) in [6.45, 7) is 2.17. The molecule has 136 valence electrons. The lowest BCUT2D eigenvalue weighted by Crippen LogP contribution is -2.26. The molecule has 2 aromatic carbocycles. The summed E-state index contributed by atoms with van der Waals surface area (Å²) in [4.78, 5) is 16.7. The van der Waals surface area contributed by atoms with Crippen molar-refractivity contribution in [2.75, 3.05) is 18.9 Å². The maximum absolute atomic E-state index is 12.4. The molecular weight excluding hydrogens is 370 g/mol. The van der Waals surface area contributed by atoms with Gasteiger partial charge in [-0.15, -0.1) is 0 Å². The maximum atomic E-state index is 12.4. The normalized spacial score (nSPS) is 11.8. The first-order valence-electron chi connectivity index (χ1n) is 8.11. The number of benzene rings is 2. The van der Waals surface area contributed by atoms with E-state index in [1.165, 1.54) is 15.6 Å². The van der Waals surface area contributed by atoms with Crippen LogP contribution in [-0.2, 0) is 21.2 Å². The van der Waals surface area contributed by atoms with Crippen LogP contribution in [-0.4, -0.2) is 37.2 Å². The van der Waals surface area contributed by atoms with Crippen LogP contribution >= 0.6 is 11.3 Å². The Morgan fingerprint density at radius 1 is 1.19 bits per heavy atom. The van der Waals surface area contributed by atoms with Gasteiger partial charge in [0.15, 0.2) is 5.13 Å². The molecule has 26 heavy (non-hydrogen) atoms. The number of amides is 1. The molecule has 1 heterocycles. The Hall–Kier alpha value is -2.29. The molecule has 0 saturated carbocycles. The van der Waals surface area contributed by atoms with Gasteiger partial charge in [-0.3, -0.25) is 4.79 Å². The number of thiazole rings is 1. The van der Waals surface area contributed by atoms with Crippen molar-refractivity contribution in [2.45, 2.75) is 18.2 Å². The van der Waals surface area contributed by atoms with Gasteiger partial charge in [0.25, 0.3) is 0 Å². The first kappa shape index (κ1) is 18.5. The van der Waals surface area contributed by atoms with Crippen molar-refractivity contribution in [2.24, 2.45) is 0 Å². The summed E-state index contributed by atoms with van der Waals surface area (Å²) in [7, 11) is -1.97. The fraction of sp³-hybridized carbons (Fsp3) is 0.222. The Labute approximate surface area is 156 Å². The van der Waals surface area contributed by atoms with E-state index in [0.717, 1.165) is 5.56 Å². The Balaban J connectivity index is 1.80. The van der Waals surface area contributed by atoms with Crippen LogP contribution in [0.3, 0.4) is 0 Å². The first-order chi connectivity index (χ1) is 12.4. The lowest BCUT2D eigenvalue weighted by Gasteiger charge is -2.14. The van der Waals surface area contributed by atoms with E-state index in [-0.39, 0.29) is 17.2 Å². The van der Waals surface area contributed by atoms with Crippen LogP contribution in [0, 0.1) is 0 Å². The van der Waals surface area contributed by atoms with E-state index in [9.17, 15) is 13.2 Å². The third kappa shape index (κ3) is 3.92. The number of fused-ring (bicyclic) bond motifs is 1. The van der Waals surface area contributed by atoms with Crippen molar-refractivity contribution in [1.29, 1.82) is 0 Å². The molecule has 0 aliphatic rings. The quantitative estimate of drug-likeness (QED) is 0.702. The van der Waals surface area contributed by atoms with E-state index in [1.54, 1.807) is 32.2 Å². The zero-order chi connectivity index (χ0) is 18.7. The molecule has 3 rings (SSSR count). The second kappa shape index (κ2) is 7.53. The van der Waals surface area contributed by atoms with Gasteiger partial charge in [0, 0.05) is 13.6 Å². The number of nitrogens with zero attached hydrogens (tertiary/aromatic N) is 2. The Bertz CT molecular complexity index is 1030. The first-order valence-corrected chi connectivity index (χ1v) is 10.4. The minimum atomic E-state index is -3.51. The summed E-state index contributed by atoms with van der Waals surface area (Å²) in [6.07, 6.45) is 0.262. The molecule has 0 radical (unpaired) electrons. The smallest absolute Gasteiger partial charge is 0.242 e. The topological polar surface area (TPSA) is 79.4 Å². The predicted molar refractivity (Wildman–Crippen MR) is 104 cm³/mol. The maximum Gasteiger partial charge on any atom is 0.242 e. The van der Waals surface area contributed by atoms with E-state index in [2.05, 4.69) is 10.3 Å². The summed E-state index contributed by atoms with van der Waals surface area (Å²) >= 11 is 1.26. The van der Waals surface area contributed by atoms with Crippen molar-refractivity contribution in [3.63, 3.8) is 0 Å². The largest absolute Gasteiger partial charge is 0.302 e. The number of nitrogens with one attached hydrogen (secondary N) is 1. The molecule has 0 spiro atoms.